The molecule has 0 bridgehead atoms. The maximum atomic E-state index is 10.6. The summed E-state index contributed by atoms with van der Waals surface area (Å²) < 4.78 is 0. The van der Waals surface area contributed by atoms with Gasteiger partial charge in [0.15, 0.2) is 0 Å². The second-order valence-corrected chi connectivity index (χ2v) is 6.70. The molecule has 2 unspecified atom stereocenters. The van der Waals surface area contributed by atoms with E-state index in [9.17, 15) is 5.11 Å². The van der Waals surface area contributed by atoms with Crippen LogP contribution in [0.5, 0.6) is 0 Å². The minimum Gasteiger partial charge on any atom is -0.390 e. The Morgan fingerprint density at radius 1 is 1.19 bits per heavy atom. The standard InChI is InChI=1S/C15H28O/c1-12(2)5-3-9-15(16)10-4-6-14(11-15)13-7-8-13/h12-14,16H,3-11H2,1-2H3. The Bertz CT molecular complexity index is 219. The Morgan fingerprint density at radius 3 is 2.56 bits per heavy atom. The maximum absolute atomic E-state index is 10.6. The van der Waals surface area contributed by atoms with E-state index in [4.69, 9.17) is 0 Å². The minimum absolute atomic E-state index is 0.291. The van der Waals surface area contributed by atoms with Crippen molar-refractivity contribution in [1.29, 1.82) is 0 Å². The molecule has 94 valence electrons. The summed E-state index contributed by atoms with van der Waals surface area (Å²) in [6.45, 7) is 4.55. The molecule has 0 aliphatic heterocycles. The van der Waals surface area contributed by atoms with Crippen LogP contribution < -0.4 is 0 Å². The Labute approximate surface area is 101 Å². The summed E-state index contributed by atoms with van der Waals surface area (Å²) in [4.78, 5) is 0. The summed E-state index contributed by atoms with van der Waals surface area (Å²) in [7, 11) is 0. The van der Waals surface area contributed by atoms with Crippen LogP contribution in [-0.4, -0.2) is 10.7 Å². The lowest BCUT2D eigenvalue weighted by Crippen LogP contribution is -2.35. The highest BCUT2D eigenvalue weighted by molar-refractivity contribution is 4.92. The predicted molar refractivity (Wildman–Crippen MR) is 68.3 cm³/mol. The largest absolute Gasteiger partial charge is 0.390 e. The summed E-state index contributed by atoms with van der Waals surface area (Å²) in [5.41, 5.74) is -0.291. The van der Waals surface area contributed by atoms with Crippen LogP contribution in [-0.2, 0) is 0 Å². The van der Waals surface area contributed by atoms with E-state index in [2.05, 4.69) is 13.8 Å². The molecule has 0 spiro atoms. The fourth-order valence-electron chi connectivity index (χ4n) is 3.42. The molecule has 2 saturated carbocycles. The maximum Gasteiger partial charge on any atom is 0.0650 e. The van der Waals surface area contributed by atoms with Gasteiger partial charge >= 0.3 is 0 Å². The molecule has 0 heterocycles. The molecular formula is C15H28O. The first-order valence-electron chi connectivity index (χ1n) is 7.31. The summed E-state index contributed by atoms with van der Waals surface area (Å²) in [5.74, 6) is 2.63. The van der Waals surface area contributed by atoms with Gasteiger partial charge in [-0.05, 0) is 56.3 Å². The van der Waals surface area contributed by atoms with Crippen LogP contribution in [0.2, 0.25) is 0 Å². The minimum atomic E-state index is -0.291. The first-order valence-corrected chi connectivity index (χ1v) is 7.31. The average Bonchev–Trinajstić information content (AvgIpc) is 2.99. The van der Waals surface area contributed by atoms with Gasteiger partial charge in [0, 0.05) is 0 Å². The molecule has 0 amide bonds. The molecule has 2 aliphatic carbocycles. The molecular weight excluding hydrogens is 196 g/mol. The Hall–Kier alpha value is -0.0400. The quantitative estimate of drug-likeness (QED) is 0.744. The molecule has 2 fully saturated rings. The van der Waals surface area contributed by atoms with Crippen LogP contribution in [0, 0.1) is 17.8 Å². The summed E-state index contributed by atoms with van der Waals surface area (Å²) >= 11 is 0. The van der Waals surface area contributed by atoms with Gasteiger partial charge in [0.1, 0.15) is 0 Å². The number of hydrogen-bond acceptors (Lipinski definition) is 1. The van der Waals surface area contributed by atoms with Crippen molar-refractivity contribution in [2.45, 2.75) is 77.2 Å². The van der Waals surface area contributed by atoms with E-state index >= 15 is 0 Å². The van der Waals surface area contributed by atoms with E-state index < -0.39 is 0 Å². The lowest BCUT2D eigenvalue weighted by Gasteiger charge is -2.37. The first kappa shape index (κ1) is 12.4. The fourth-order valence-corrected chi connectivity index (χ4v) is 3.42. The van der Waals surface area contributed by atoms with Crippen LogP contribution in [0.15, 0.2) is 0 Å². The van der Waals surface area contributed by atoms with Gasteiger partial charge in [-0.1, -0.05) is 33.1 Å². The van der Waals surface area contributed by atoms with Gasteiger partial charge < -0.3 is 5.11 Å². The number of rotatable bonds is 5. The third-order valence-electron chi connectivity index (χ3n) is 4.57. The van der Waals surface area contributed by atoms with E-state index in [0.29, 0.717) is 0 Å². The molecule has 0 aromatic heterocycles. The average molecular weight is 224 g/mol. The highest BCUT2D eigenvalue weighted by Gasteiger charge is 2.40. The third kappa shape index (κ3) is 3.48. The monoisotopic (exact) mass is 224 g/mol. The Balaban J connectivity index is 1.76. The van der Waals surface area contributed by atoms with Crippen molar-refractivity contribution in [3.63, 3.8) is 0 Å². The molecule has 0 aromatic carbocycles. The van der Waals surface area contributed by atoms with Crippen molar-refractivity contribution in [1.82, 2.24) is 0 Å². The van der Waals surface area contributed by atoms with Crippen molar-refractivity contribution < 1.29 is 5.11 Å². The highest BCUT2D eigenvalue weighted by atomic mass is 16.3. The van der Waals surface area contributed by atoms with Crippen molar-refractivity contribution in [3.05, 3.63) is 0 Å². The zero-order chi connectivity index (χ0) is 11.6. The number of aliphatic hydroxyl groups is 1. The van der Waals surface area contributed by atoms with Gasteiger partial charge in [0.05, 0.1) is 5.60 Å². The van der Waals surface area contributed by atoms with E-state index in [-0.39, 0.29) is 5.60 Å². The van der Waals surface area contributed by atoms with Crippen LogP contribution in [0.4, 0.5) is 0 Å². The van der Waals surface area contributed by atoms with Gasteiger partial charge in [-0.3, -0.25) is 0 Å². The van der Waals surface area contributed by atoms with Crippen molar-refractivity contribution >= 4 is 0 Å². The van der Waals surface area contributed by atoms with E-state index in [1.54, 1.807) is 0 Å². The molecule has 0 saturated heterocycles. The smallest absolute Gasteiger partial charge is 0.0650 e. The van der Waals surface area contributed by atoms with Gasteiger partial charge in [-0.2, -0.15) is 0 Å². The molecule has 2 rings (SSSR count). The summed E-state index contributed by atoms with van der Waals surface area (Å²) in [6.07, 6.45) is 11.2. The predicted octanol–water partition coefficient (Wildman–Crippen LogP) is 4.14. The summed E-state index contributed by atoms with van der Waals surface area (Å²) in [5, 5.41) is 10.6. The Morgan fingerprint density at radius 2 is 1.94 bits per heavy atom. The molecule has 2 aliphatic rings. The van der Waals surface area contributed by atoms with Crippen molar-refractivity contribution in [2.24, 2.45) is 17.8 Å². The topological polar surface area (TPSA) is 20.2 Å². The van der Waals surface area contributed by atoms with Crippen molar-refractivity contribution in [3.8, 4) is 0 Å². The van der Waals surface area contributed by atoms with Gasteiger partial charge in [-0.15, -0.1) is 0 Å². The summed E-state index contributed by atoms with van der Waals surface area (Å²) in [6, 6.07) is 0. The van der Waals surface area contributed by atoms with Crippen LogP contribution in [0.3, 0.4) is 0 Å². The molecule has 1 heteroatoms. The van der Waals surface area contributed by atoms with Gasteiger partial charge in [0.2, 0.25) is 0 Å². The molecule has 2 atom stereocenters. The van der Waals surface area contributed by atoms with E-state index in [1.807, 2.05) is 0 Å². The SMILES string of the molecule is CC(C)CCCC1(O)CCCC(C2CC2)C1. The molecule has 1 nitrogen and oxygen atoms in total. The van der Waals surface area contributed by atoms with Crippen LogP contribution in [0.1, 0.15) is 71.6 Å². The zero-order valence-electron chi connectivity index (χ0n) is 11.0. The second-order valence-electron chi connectivity index (χ2n) is 6.70. The molecule has 16 heavy (non-hydrogen) atoms. The van der Waals surface area contributed by atoms with E-state index in [1.165, 1.54) is 38.5 Å². The van der Waals surface area contributed by atoms with Gasteiger partial charge in [0.25, 0.3) is 0 Å². The highest BCUT2D eigenvalue weighted by Crippen LogP contribution is 2.47. The first-order chi connectivity index (χ1) is 7.59. The molecule has 0 aromatic rings. The fraction of sp³-hybridized carbons (Fsp3) is 1.00. The normalized spacial score (nSPS) is 35.6. The Kier molecular flexibility index (Phi) is 3.94. The lowest BCUT2D eigenvalue weighted by atomic mass is 9.73. The van der Waals surface area contributed by atoms with Crippen molar-refractivity contribution in [2.75, 3.05) is 0 Å². The third-order valence-corrected chi connectivity index (χ3v) is 4.57. The molecule has 0 radical (unpaired) electrons. The van der Waals surface area contributed by atoms with Gasteiger partial charge in [-0.25, -0.2) is 0 Å². The van der Waals surface area contributed by atoms with Crippen LogP contribution >= 0.6 is 0 Å². The second kappa shape index (κ2) is 5.08. The zero-order valence-corrected chi connectivity index (χ0v) is 11.0. The van der Waals surface area contributed by atoms with Crippen LogP contribution in [0.25, 0.3) is 0 Å². The lowest BCUT2D eigenvalue weighted by molar-refractivity contribution is -0.0291. The van der Waals surface area contributed by atoms with E-state index in [0.717, 1.165) is 37.0 Å². The molecule has 1 N–H and O–H groups in total. The number of hydrogen-bond donors (Lipinski definition) is 1.